The van der Waals surface area contributed by atoms with Gasteiger partial charge in [0.1, 0.15) is 4.21 Å². The van der Waals surface area contributed by atoms with Crippen molar-refractivity contribution in [3.8, 4) is 0 Å². The molecule has 1 aliphatic rings. The Morgan fingerprint density at radius 3 is 2.42 bits per heavy atom. The highest BCUT2D eigenvalue weighted by Gasteiger charge is 2.32. The molecular weight excluding hydrogens is 352 g/mol. The number of piperazine rings is 1. The summed E-state index contributed by atoms with van der Waals surface area (Å²) in [5, 5.41) is 10.2. The molecule has 1 aromatic rings. The summed E-state index contributed by atoms with van der Waals surface area (Å²) in [5.74, 6) is -1.13. The quantitative estimate of drug-likeness (QED) is 0.818. The van der Waals surface area contributed by atoms with Crippen molar-refractivity contribution >= 4 is 33.2 Å². The molecule has 1 unspecified atom stereocenters. The van der Waals surface area contributed by atoms with Crippen molar-refractivity contribution in [1.82, 2.24) is 9.21 Å². The number of carboxylic acids is 1. The molecule has 1 amide bonds. The fourth-order valence-corrected chi connectivity index (χ4v) is 5.44. The Bertz CT molecular complexity index is 705. The summed E-state index contributed by atoms with van der Waals surface area (Å²) in [6.07, 6.45) is 1.76. The monoisotopic (exact) mass is 374 g/mol. The average Bonchev–Trinajstić information content (AvgIpc) is 3.05. The van der Waals surface area contributed by atoms with Gasteiger partial charge in [-0.15, -0.1) is 11.3 Å². The Labute approximate surface area is 145 Å². The zero-order valence-electron chi connectivity index (χ0n) is 13.8. The lowest BCUT2D eigenvalue weighted by Gasteiger charge is -2.35. The van der Waals surface area contributed by atoms with Gasteiger partial charge in [-0.3, -0.25) is 4.79 Å². The second kappa shape index (κ2) is 7.62. The number of sulfonamides is 1. The molecule has 1 fully saturated rings. The van der Waals surface area contributed by atoms with Crippen molar-refractivity contribution in [2.24, 2.45) is 5.92 Å². The van der Waals surface area contributed by atoms with Crippen LogP contribution in [0.2, 0.25) is 0 Å². The molecule has 9 heteroatoms. The zero-order chi connectivity index (χ0) is 17.9. The standard InChI is InChI=1S/C15H22N2O5S2/c1-3-4-11(2)14(18)16-5-7-17(8-6-16)24(21,22)13-9-12(10-23-13)15(19)20/h9-11H,3-8H2,1-2H3,(H,19,20). The second-order valence-corrected chi connectivity index (χ2v) is 8.95. The first kappa shape index (κ1) is 18.9. The molecule has 2 heterocycles. The van der Waals surface area contributed by atoms with Gasteiger partial charge in [-0.2, -0.15) is 4.31 Å². The third-order valence-corrected chi connectivity index (χ3v) is 7.42. The normalized spacial score (nSPS) is 17.7. The van der Waals surface area contributed by atoms with Gasteiger partial charge in [0, 0.05) is 37.5 Å². The van der Waals surface area contributed by atoms with Crippen LogP contribution >= 0.6 is 11.3 Å². The Morgan fingerprint density at radius 2 is 1.92 bits per heavy atom. The summed E-state index contributed by atoms with van der Waals surface area (Å²) < 4.78 is 26.5. The van der Waals surface area contributed by atoms with Crippen LogP contribution in [0.1, 0.15) is 37.0 Å². The summed E-state index contributed by atoms with van der Waals surface area (Å²) in [6.45, 7) is 5.11. The van der Waals surface area contributed by atoms with Crippen LogP contribution in [0.25, 0.3) is 0 Å². The fraction of sp³-hybridized carbons (Fsp3) is 0.600. The number of nitrogens with zero attached hydrogens (tertiary/aromatic N) is 2. The first-order valence-corrected chi connectivity index (χ1v) is 10.2. The lowest BCUT2D eigenvalue weighted by atomic mass is 10.0. The molecule has 134 valence electrons. The number of aromatic carboxylic acids is 1. The Balaban J connectivity index is 2.02. The molecule has 0 bridgehead atoms. The fourth-order valence-electron chi connectivity index (χ4n) is 2.71. The average molecular weight is 374 g/mol. The first-order valence-electron chi connectivity index (χ1n) is 7.88. The first-order chi connectivity index (χ1) is 11.3. The number of carbonyl (C=O) groups excluding carboxylic acids is 1. The number of hydrogen-bond donors (Lipinski definition) is 1. The van der Waals surface area contributed by atoms with Gasteiger partial charge in [0.15, 0.2) is 0 Å². The zero-order valence-corrected chi connectivity index (χ0v) is 15.4. The molecule has 0 radical (unpaired) electrons. The van der Waals surface area contributed by atoms with E-state index >= 15 is 0 Å². The number of rotatable bonds is 6. The number of carboxylic acid groups (broad SMARTS) is 1. The molecule has 1 aromatic heterocycles. The van der Waals surface area contributed by atoms with Crippen LogP contribution in [0.15, 0.2) is 15.7 Å². The minimum absolute atomic E-state index is 0.0269. The van der Waals surface area contributed by atoms with Crippen molar-refractivity contribution in [2.45, 2.75) is 30.9 Å². The predicted octanol–water partition coefficient (Wildman–Crippen LogP) is 1.72. The number of amides is 1. The smallest absolute Gasteiger partial charge is 0.336 e. The van der Waals surface area contributed by atoms with Gasteiger partial charge < -0.3 is 10.0 Å². The molecular formula is C15H22N2O5S2. The van der Waals surface area contributed by atoms with Gasteiger partial charge in [0.2, 0.25) is 5.91 Å². The maximum absolute atomic E-state index is 12.6. The van der Waals surface area contributed by atoms with E-state index in [1.54, 1.807) is 4.90 Å². The molecule has 1 N–H and O–H groups in total. The van der Waals surface area contributed by atoms with Crippen molar-refractivity contribution in [1.29, 1.82) is 0 Å². The van der Waals surface area contributed by atoms with E-state index < -0.39 is 16.0 Å². The van der Waals surface area contributed by atoms with E-state index in [0.717, 1.165) is 24.2 Å². The van der Waals surface area contributed by atoms with E-state index in [1.807, 2.05) is 13.8 Å². The van der Waals surface area contributed by atoms with Crippen molar-refractivity contribution in [3.05, 3.63) is 17.0 Å². The maximum Gasteiger partial charge on any atom is 0.336 e. The van der Waals surface area contributed by atoms with Crippen molar-refractivity contribution in [3.63, 3.8) is 0 Å². The lowest BCUT2D eigenvalue weighted by Crippen LogP contribution is -2.51. The van der Waals surface area contributed by atoms with Crippen LogP contribution in [0.5, 0.6) is 0 Å². The van der Waals surface area contributed by atoms with Crippen LogP contribution in [0, 0.1) is 5.92 Å². The minimum atomic E-state index is -3.70. The van der Waals surface area contributed by atoms with Gasteiger partial charge >= 0.3 is 5.97 Å². The molecule has 0 aromatic carbocycles. The number of thiophene rings is 1. The summed E-state index contributed by atoms with van der Waals surface area (Å²) in [4.78, 5) is 24.9. The Kier molecular flexibility index (Phi) is 6.00. The Hall–Kier alpha value is -1.45. The Morgan fingerprint density at radius 1 is 1.29 bits per heavy atom. The highest BCUT2D eigenvalue weighted by molar-refractivity contribution is 7.91. The van der Waals surface area contributed by atoms with Crippen LogP contribution in [0.4, 0.5) is 0 Å². The van der Waals surface area contributed by atoms with E-state index in [9.17, 15) is 18.0 Å². The number of carbonyl (C=O) groups is 2. The minimum Gasteiger partial charge on any atom is -0.478 e. The molecule has 0 spiro atoms. The third-order valence-electron chi connectivity index (χ3n) is 4.11. The molecule has 0 aliphatic carbocycles. The van der Waals surface area contributed by atoms with Gasteiger partial charge in [0.05, 0.1) is 5.56 Å². The third kappa shape index (κ3) is 3.96. The van der Waals surface area contributed by atoms with E-state index in [-0.39, 0.29) is 34.7 Å². The lowest BCUT2D eigenvalue weighted by molar-refractivity contribution is -0.136. The maximum atomic E-state index is 12.6. The summed E-state index contributed by atoms with van der Waals surface area (Å²) >= 11 is 0.906. The van der Waals surface area contributed by atoms with E-state index in [4.69, 9.17) is 5.11 Å². The summed E-state index contributed by atoms with van der Waals surface area (Å²) in [6, 6.07) is 1.18. The molecule has 24 heavy (non-hydrogen) atoms. The predicted molar refractivity (Wildman–Crippen MR) is 90.7 cm³/mol. The number of hydrogen-bond acceptors (Lipinski definition) is 5. The van der Waals surface area contributed by atoms with Crippen molar-refractivity contribution < 1.29 is 23.1 Å². The summed E-state index contributed by atoms with van der Waals surface area (Å²) in [5.41, 5.74) is -0.0271. The van der Waals surface area contributed by atoms with Crippen molar-refractivity contribution in [2.75, 3.05) is 26.2 Å². The van der Waals surface area contributed by atoms with Gasteiger partial charge in [0.25, 0.3) is 10.0 Å². The van der Waals surface area contributed by atoms with Gasteiger partial charge in [-0.1, -0.05) is 20.3 Å². The molecule has 2 rings (SSSR count). The van der Waals surface area contributed by atoms with Crippen LogP contribution in [-0.4, -0.2) is 60.8 Å². The highest BCUT2D eigenvalue weighted by Crippen LogP contribution is 2.25. The molecule has 0 saturated carbocycles. The van der Waals surface area contributed by atoms with Crippen LogP contribution in [0.3, 0.4) is 0 Å². The molecule has 1 aliphatic heterocycles. The molecule has 1 saturated heterocycles. The second-order valence-electron chi connectivity index (χ2n) is 5.88. The molecule has 7 nitrogen and oxygen atoms in total. The van der Waals surface area contributed by atoms with E-state index in [1.165, 1.54) is 15.8 Å². The molecule has 1 atom stereocenters. The highest BCUT2D eigenvalue weighted by atomic mass is 32.2. The van der Waals surface area contributed by atoms with E-state index in [0.29, 0.717) is 13.1 Å². The van der Waals surface area contributed by atoms with Crippen LogP contribution < -0.4 is 0 Å². The van der Waals surface area contributed by atoms with E-state index in [2.05, 4.69) is 0 Å². The van der Waals surface area contributed by atoms with Gasteiger partial charge in [-0.05, 0) is 12.5 Å². The van der Waals surface area contributed by atoms with Crippen LogP contribution in [-0.2, 0) is 14.8 Å². The topological polar surface area (TPSA) is 95.0 Å². The summed E-state index contributed by atoms with van der Waals surface area (Å²) in [7, 11) is -3.70. The largest absolute Gasteiger partial charge is 0.478 e. The van der Waals surface area contributed by atoms with Gasteiger partial charge in [-0.25, -0.2) is 13.2 Å². The SMILES string of the molecule is CCCC(C)C(=O)N1CCN(S(=O)(=O)c2cc(C(=O)O)cs2)CC1.